The van der Waals surface area contributed by atoms with Crippen LogP contribution in [0.25, 0.3) is 0 Å². The van der Waals surface area contributed by atoms with Gasteiger partial charge in [-0.25, -0.2) is 4.98 Å². The summed E-state index contributed by atoms with van der Waals surface area (Å²) in [5, 5.41) is 4.43. The molecule has 1 aromatic heterocycles. The van der Waals surface area contributed by atoms with Crippen LogP contribution in [0, 0.1) is 11.8 Å². The number of nitrogens with zero attached hydrogens (tertiary/aromatic N) is 2. The summed E-state index contributed by atoms with van der Waals surface area (Å²) in [5.74, 6) is 2.85. The first-order chi connectivity index (χ1) is 8.78. The van der Waals surface area contributed by atoms with E-state index in [0.717, 1.165) is 42.2 Å². The Morgan fingerprint density at radius 3 is 3.06 bits per heavy atom. The first-order valence-electron chi connectivity index (χ1n) is 7.34. The highest BCUT2D eigenvalue weighted by Crippen LogP contribution is 2.30. The van der Waals surface area contributed by atoms with E-state index in [1.807, 2.05) is 0 Å². The molecule has 0 spiro atoms. The monoisotopic (exact) mass is 267 g/mol. The molecule has 1 aliphatic carbocycles. The second kappa shape index (κ2) is 7.07. The van der Waals surface area contributed by atoms with Gasteiger partial charge in [0, 0.05) is 24.5 Å². The third-order valence-electron chi connectivity index (χ3n) is 3.82. The van der Waals surface area contributed by atoms with E-state index in [9.17, 15) is 0 Å². The van der Waals surface area contributed by atoms with Crippen LogP contribution in [0.2, 0.25) is 0 Å². The first kappa shape index (κ1) is 13.8. The van der Waals surface area contributed by atoms with Gasteiger partial charge in [0.25, 0.3) is 0 Å². The number of anilines is 1. The highest BCUT2D eigenvalue weighted by Gasteiger charge is 2.18. The van der Waals surface area contributed by atoms with E-state index < -0.39 is 0 Å². The molecule has 1 fully saturated rings. The number of hydrogen-bond acceptors (Lipinski definition) is 4. The van der Waals surface area contributed by atoms with E-state index in [2.05, 4.69) is 28.5 Å². The van der Waals surface area contributed by atoms with Crippen molar-refractivity contribution in [3.05, 3.63) is 5.82 Å². The molecule has 0 saturated heterocycles. The molecule has 0 aliphatic heterocycles. The Bertz CT molecular complexity index is 351. The lowest BCUT2D eigenvalue weighted by Crippen LogP contribution is -2.16. The summed E-state index contributed by atoms with van der Waals surface area (Å²) < 4.78 is 4.35. The van der Waals surface area contributed by atoms with Crippen LogP contribution in [0.5, 0.6) is 0 Å². The summed E-state index contributed by atoms with van der Waals surface area (Å²) in [6.07, 6.45) is 9.09. The van der Waals surface area contributed by atoms with Gasteiger partial charge in [0.1, 0.15) is 5.82 Å². The number of aryl methyl sites for hydroxylation is 1. The lowest BCUT2D eigenvalue weighted by molar-refractivity contribution is 0.274. The van der Waals surface area contributed by atoms with E-state index in [4.69, 9.17) is 0 Å². The van der Waals surface area contributed by atoms with Crippen LogP contribution in [0.3, 0.4) is 0 Å². The molecule has 0 radical (unpaired) electrons. The van der Waals surface area contributed by atoms with Gasteiger partial charge in [0.15, 0.2) is 0 Å². The lowest BCUT2D eigenvalue weighted by Gasteiger charge is -2.26. The van der Waals surface area contributed by atoms with Crippen molar-refractivity contribution < 1.29 is 0 Å². The number of rotatable bonds is 6. The van der Waals surface area contributed by atoms with Gasteiger partial charge in [-0.1, -0.05) is 33.1 Å². The van der Waals surface area contributed by atoms with Crippen LogP contribution in [0.15, 0.2) is 0 Å². The van der Waals surface area contributed by atoms with Crippen LogP contribution >= 0.6 is 11.5 Å². The Kier molecular flexibility index (Phi) is 5.42. The van der Waals surface area contributed by atoms with Crippen LogP contribution in [-0.2, 0) is 6.42 Å². The summed E-state index contributed by atoms with van der Waals surface area (Å²) in [7, 11) is 0. The largest absolute Gasteiger partial charge is 0.360 e. The van der Waals surface area contributed by atoms with Gasteiger partial charge in [-0.15, -0.1) is 0 Å². The van der Waals surface area contributed by atoms with Crippen molar-refractivity contribution in [2.75, 3.05) is 11.9 Å². The fraction of sp³-hybridized carbons (Fsp3) is 0.857. The molecule has 1 aliphatic rings. The van der Waals surface area contributed by atoms with Gasteiger partial charge < -0.3 is 5.32 Å². The zero-order chi connectivity index (χ0) is 12.8. The van der Waals surface area contributed by atoms with Gasteiger partial charge in [0.2, 0.25) is 5.13 Å². The van der Waals surface area contributed by atoms with Crippen molar-refractivity contribution in [3.8, 4) is 0 Å². The summed E-state index contributed by atoms with van der Waals surface area (Å²) in [6.45, 7) is 5.61. The van der Waals surface area contributed by atoms with Crippen molar-refractivity contribution in [2.24, 2.45) is 11.8 Å². The molecule has 2 unspecified atom stereocenters. The van der Waals surface area contributed by atoms with Crippen molar-refractivity contribution in [2.45, 2.75) is 58.8 Å². The maximum Gasteiger partial charge on any atom is 0.202 e. The SMILES string of the molecule is CCCc1nsc(NCCC2CCCC(C)C2)n1. The van der Waals surface area contributed by atoms with Crippen LogP contribution in [0.1, 0.15) is 58.2 Å². The minimum atomic E-state index is 0.921. The standard InChI is InChI=1S/C14H25N3S/c1-3-5-13-16-14(18-17-13)15-9-8-12-7-4-6-11(2)10-12/h11-12H,3-10H2,1-2H3,(H,15,16,17). The Balaban J connectivity index is 1.67. The quantitative estimate of drug-likeness (QED) is 0.842. The van der Waals surface area contributed by atoms with Crippen molar-refractivity contribution in [3.63, 3.8) is 0 Å². The molecule has 1 heterocycles. The fourth-order valence-corrected chi connectivity index (χ4v) is 3.49. The van der Waals surface area contributed by atoms with Crippen molar-refractivity contribution >= 4 is 16.7 Å². The smallest absolute Gasteiger partial charge is 0.202 e. The molecule has 2 atom stereocenters. The van der Waals surface area contributed by atoms with E-state index in [0.29, 0.717) is 0 Å². The zero-order valence-electron chi connectivity index (χ0n) is 11.6. The predicted octanol–water partition coefficient (Wildman–Crippen LogP) is 4.12. The van der Waals surface area contributed by atoms with Gasteiger partial charge in [-0.2, -0.15) is 4.37 Å². The molecule has 0 bridgehead atoms. The third kappa shape index (κ3) is 4.23. The molecule has 3 nitrogen and oxygen atoms in total. The molecular formula is C14H25N3S. The van der Waals surface area contributed by atoms with Crippen LogP contribution < -0.4 is 5.32 Å². The van der Waals surface area contributed by atoms with Crippen LogP contribution in [-0.4, -0.2) is 15.9 Å². The Morgan fingerprint density at radius 2 is 2.28 bits per heavy atom. The number of aromatic nitrogens is 2. The third-order valence-corrected chi connectivity index (χ3v) is 4.53. The van der Waals surface area contributed by atoms with E-state index >= 15 is 0 Å². The average Bonchev–Trinajstić information content (AvgIpc) is 2.78. The van der Waals surface area contributed by atoms with Gasteiger partial charge in [0.05, 0.1) is 0 Å². The molecule has 18 heavy (non-hydrogen) atoms. The normalized spacial score (nSPS) is 24.1. The fourth-order valence-electron chi connectivity index (χ4n) is 2.86. The highest BCUT2D eigenvalue weighted by molar-refractivity contribution is 7.09. The maximum atomic E-state index is 4.49. The summed E-state index contributed by atoms with van der Waals surface area (Å²) in [4.78, 5) is 4.49. The van der Waals surface area contributed by atoms with Crippen molar-refractivity contribution in [1.29, 1.82) is 0 Å². The molecule has 0 amide bonds. The number of hydrogen-bond donors (Lipinski definition) is 1. The maximum absolute atomic E-state index is 4.49. The minimum absolute atomic E-state index is 0.921. The van der Waals surface area contributed by atoms with Gasteiger partial charge >= 0.3 is 0 Å². The average molecular weight is 267 g/mol. The zero-order valence-corrected chi connectivity index (χ0v) is 12.4. The molecular weight excluding hydrogens is 242 g/mol. The van der Waals surface area contributed by atoms with E-state index in [1.54, 1.807) is 0 Å². The molecule has 102 valence electrons. The summed E-state index contributed by atoms with van der Waals surface area (Å²) in [5.41, 5.74) is 0. The van der Waals surface area contributed by atoms with Crippen LogP contribution in [0.4, 0.5) is 5.13 Å². The Morgan fingerprint density at radius 1 is 1.39 bits per heavy atom. The number of nitrogens with one attached hydrogen (secondary N) is 1. The minimum Gasteiger partial charge on any atom is -0.360 e. The topological polar surface area (TPSA) is 37.8 Å². The summed E-state index contributed by atoms with van der Waals surface area (Å²) in [6, 6.07) is 0. The molecule has 1 N–H and O–H groups in total. The van der Waals surface area contributed by atoms with Gasteiger partial charge in [-0.3, -0.25) is 0 Å². The second-order valence-electron chi connectivity index (χ2n) is 5.62. The Hall–Kier alpha value is -0.640. The van der Waals surface area contributed by atoms with E-state index in [-0.39, 0.29) is 0 Å². The molecule has 4 heteroatoms. The second-order valence-corrected chi connectivity index (χ2v) is 6.37. The first-order valence-corrected chi connectivity index (χ1v) is 8.11. The van der Waals surface area contributed by atoms with E-state index in [1.165, 1.54) is 43.6 Å². The van der Waals surface area contributed by atoms with Gasteiger partial charge in [-0.05, 0) is 31.1 Å². The lowest BCUT2D eigenvalue weighted by atomic mass is 9.81. The van der Waals surface area contributed by atoms with Crippen molar-refractivity contribution in [1.82, 2.24) is 9.36 Å². The summed E-state index contributed by atoms with van der Waals surface area (Å²) >= 11 is 1.50. The molecule has 1 aromatic rings. The molecule has 2 rings (SSSR count). The predicted molar refractivity (Wildman–Crippen MR) is 78.1 cm³/mol. The highest BCUT2D eigenvalue weighted by atomic mass is 32.1. The molecule has 1 saturated carbocycles. The molecule has 0 aromatic carbocycles. The Labute approximate surface area is 115 Å².